The van der Waals surface area contributed by atoms with Gasteiger partial charge < -0.3 is 15.0 Å². The number of carbonyl (C=O) groups is 2. The molecule has 1 aromatic rings. The molecule has 1 saturated carbocycles. The highest BCUT2D eigenvalue weighted by molar-refractivity contribution is 5.91. The average molecular weight is 363 g/mol. The number of amides is 2. The van der Waals surface area contributed by atoms with Crippen molar-refractivity contribution in [1.29, 1.82) is 0 Å². The van der Waals surface area contributed by atoms with Crippen LogP contribution >= 0.6 is 0 Å². The van der Waals surface area contributed by atoms with Crippen molar-refractivity contribution >= 4 is 11.8 Å². The molecule has 3 rings (SSSR count). The second-order valence-corrected chi connectivity index (χ2v) is 7.25. The van der Waals surface area contributed by atoms with Crippen molar-refractivity contribution in [3.8, 4) is 0 Å². The Labute approximate surface area is 154 Å². The van der Waals surface area contributed by atoms with Gasteiger partial charge in [0, 0.05) is 32.7 Å². The first-order chi connectivity index (χ1) is 12.7. The number of likely N-dealkylation sites (tertiary alicyclic amines) is 1. The van der Waals surface area contributed by atoms with Gasteiger partial charge in [-0.1, -0.05) is 24.5 Å². The van der Waals surface area contributed by atoms with Gasteiger partial charge in [-0.25, -0.2) is 4.68 Å². The molecule has 1 saturated heterocycles. The number of rotatable bonds is 6. The summed E-state index contributed by atoms with van der Waals surface area (Å²) in [6.07, 6.45) is 9.21. The van der Waals surface area contributed by atoms with Crippen molar-refractivity contribution in [2.24, 2.45) is 5.92 Å². The van der Waals surface area contributed by atoms with E-state index in [0.29, 0.717) is 31.3 Å². The lowest BCUT2D eigenvalue weighted by molar-refractivity contribution is -0.138. The number of nitrogens with one attached hydrogen (secondary N) is 1. The predicted octanol–water partition coefficient (Wildman–Crippen LogP) is 1.40. The van der Waals surface area contributed by atoms with E-state index < -0.39 is 0 Å². The van der Waals surface area contributed by atoms with Crippen LogP contribution in [0.3, 0.4) is 0 Å². The second-order valence-electron chi connectivity index (χ2n) is 7.25. The summed E-state index contributed by atoms with van der Waals surface area (Å²) < 4.78 is 6.66. The molecule has 1 N–H and O–H groups in total. The minimum atomic E-state index is -0.251. The molecule has 1 atom stereocenters. The molecule has 0 spiro atoms. The zero-order valence-corrected chi connectivity index (χ0v) is 15.5. The largest absolute Gasteiger partial charge is 0.383 e. The van der Waals surface area contributed by atoms with Gasteiger partial charge in [-0.2, -0.15) is 0 Å². The van der Waals surface area contributed by atoms with Crippen LogP contribution in [0, 0.1) is 5.92 Å². The van der Waals surface area contributed by atoms with Crippen LogP contribution in [-0.2, 0) is 9.53 Å². The second kappa shape index (κ2) is 9.12. The van der Waals surface area contributed by atoms with Gasteiger partial charge in [0.15, 0.2) is 5.69 Å². The highest BCUT2D eigenvalue weighted by atomic mass is 16.5. The Hall–Kier alpha value is -1.96. The number of methoxy groups -OCH3 is 1. The van der Waals surface area contributed by atoms with Crippen LogP contribution in [0.2, 0.25) is 0 Å². The van der Waals surface area contributed by atoms with Gasteiger partial charge in [0.1, 0.15) is 0 Å². The van der Waals surface area contributed by atoms with Crippen molar-refractivity contribution in [3.63, 3.8) is 0 Å². The van der Waals surface area contributed by atoms with E-state index in [4.69, 9.17) is 4.74 Å². The highest BCUT2D eigenvalue weighted by Gasteiger charge is 2.31. The van der Waals surface area contributed by atoms with Gasteiger partial charge in [0.05, 0.1) is 18.8 Å². The molecule has 0 aromatic carbocycles. The zero-order chi connectivity index (χ0) is 18.4. The summed E-state index contributed by atoms with van der Waals surface area (Å²) in [6, 6.07) is 0.0873. The van der Waals surface area contributed by atoms with Crippen molar-refractivity contribution in [2.45, 2.75) is 51.0 Å². The molecule has 1 aliphatic heterocycles. The number of piperidine rings is 1. The fourth-order valence-electron chi connectivity index (χ4n) is 3.89. The maximum absolute atomic E-state index is 12.8. The van der Waals surface area contributed by atoms with E-state index in [1.165, 1.54) is 6.42 Å². The molecule has 8 nitrogen and oxygen atoms in total. The van der Waals surface area contributed by atoms with Gasteiger partial charge in [-0.3, -0.25) is 9.59 Å². The Balaban J connectivity index is 1.57. The number of ether oxygens (including phenoxy) is 1. The Bertz CT molecular complexity index is 612. The van der Waals surface area contributed by atoms with E-state index >= 15 is 0 Å². The number of carbonyl (C=O) groups excluding carboxylic acids is 2. The first kappa shape index (κ1) is 18.8. The summed E-state index contributed by atoms with van der Waals surface area (Å²) in [5.41, 5.74) is 0.303. The van der Waals surface area contributed by atoms with Gasteiger partial charge in [-0.05, 0) is 25.7 Å². The lowest BCUT2D eigenvalue weighted by Gasteiger charge is -2.35. The Morgan fingerprint density at radius 2 is 2.04 bits per heavy atom. The molecule has 2 amide bonds. The maximum Gasteiger partial charge on any atom is 0.273 e. The molecule has 0 radical (unpaired) electrons. The number of hydrogen-bond acceptors (Lipinski definition) is 5. The molecule has 2 heterocycles. The van der Waals surface area contributed by atoms with E-state index in [1.54, 1.807) is 18.0 Å². The summed E-state index contributed by atoms with van der Waals surface area (Å²) >= 11 is 0. The molecule has 0 bridgehead atoms. The van der Waals surface area contributed by atoms with Crippen molar-refractivity contribution in [1.82, 2.24) is 25.2 Å². The summed E-state index contributed by atoms with van der Waals surface area (Å²) in [5.74, 6) is 0.242. The molecule has 0 unspecified atom stereocenters. The fraction of sp³-hybridized carbons (Fsp3) is 0.778. The summed E-state index contributed by atoms with van der Waals surface area (Å²) in [6.45, 7) is 2.38. The minimum absolute atomic E-state index is 0.0873. The maximum atomic E-state index is 12.8. The summed E-state index contributed by atoms with van der Waals surface area (Å²) in [4.78, 5) is 26.8. The Kier molecular flexibility index (Phi) is 6.60. The SMILES string of the molecule is COCCNC(=O)c1cn([C@H]2CCCN(C(=O)C3CCCCC3)C2)nn1. The molecular formula is C18H29N5O3. The summed E-state index contributed by atoms with van der Waals surface area (Å²) in [7, 11) is 1.59. The van der Waals surface area contributed by atoms with Crippen LogP contribution in [0.1, 0.15) is 61.5 Å². The first-order valence-corrected chi connectivity index (χ1v) is 9.67. The lowest BCUT2D eigenvalue weighted by Crippen LogP contribution is -2.44. The molecule has 2 aliphatic rings. The van der Waals surface area contributed by atoms with Crippen LogP contribution in [0.5, 0.6) is 0 Å². The third kappa shape index (κ3) is 4.60. The Morgan fingerprint density at radius 1 is 1.23 bits per heavy atom. The predicted molar refractivity (Wildman–Crippen MR) is 95.7 cm³/mol. The van der Waals surface area contributed by atoms with Gasteiger partial charge in [0.25, 0.3) is 5.91 Å². The van der Waals surface area contributed by atoms with Gasteiger partial charge >= 0.3 is 0 Å². The third-order valence-corrected chi connectivity index (χ3v) is 5.37. The smallest absolute Gasteiger partial charge is 0.273 e. The molecule has 26 heavy (non-hydrogen) atoms. The highest BCUT2D eigenvalue weighted by Crippen LogP contribution is 2.28. The van der Waals surface area contributed by atoms with E-state index in [-0.39, 0.29) is 17.9 Å². The van der Waals surface area contributed by atoms with E-state index in [0.717, 1.165) is 45.1 Å². The van der Waals surface area contributed by atoms with Gasteiger partial charge in [-0.15, -0.1) is 5.10 Å². The van der Waals surface area contributed by atoms with Crippen molar-refractivity contribution in [3.05, 3.63) is 11.9 Å². The Morgan fingerprint density at radius 3 is 2.81 bits per heavy atom. The normalized spacial score (nSPS) is 21.6. The van der Waals surface area contributed by atoms with E-state index in [1.807, 2.05) is 4.90 Å². The van der Waals surface area contributed by atoms with Crippen LogP contribution in [-0.4, -0.2) is 65.1 Å². The standard InChI is InChI=1S/C18H29N5O3/c1-26-11-9-19-17(24)16-13-23(21-20-16)15-8-5-10-22(12-15)18(25)14-6-3-2-4-7-14/h13-15H,2-12H2,1H3,(H,19,24)/t15-/m0/s1. The van der Waals surface area contributed by atoms with Gasteiger partial charge in [0.2, 0.25) is 5.91 Å². The molecular weight excluding hydrogens is 334 g/mol. The van der Waals surface area contributed by atoms with Crippen LogP contribution in [0.25, 0.3) is 0 Å². The molecule has 8 heteroatoms. The third-order valence-electron chi connectivity index (χ3n) is 5.37. The quantitative estimate of drug-likeness (QED) is 0.772. The molecule has 144 valence electrons. The number of aromatic nitrogens is 3. The molecule has 2 fully saturated rings. The van der Waals surface area contributed by atoms with Crippen LogP contribution in [0.15, 0.2) is 6.20 Å². The molecule has 1 aromatic heterocycles. The molecule has 1 aliphatic carbocycles. The van der Waals surface area contributed by atoms with Crippen molar-refractivity contribution < 1.29 is 14.3 Å². The fourth-order valence-corrected chi connectivity index (χ4v) is 3.89. The summed E-state index contributed by atoms with van der Waals surface area (Å²) in [5, 5.41) is 10.9. The van der Waals surface area contributed by atoms with E-state index in [2.05, 4.69) is 15.6 Å². The topological polar surface area (TPSA) is 89.4 Å². The lowest BCUT2D eigenvalue weighted by atomic mass is 9.87. The average Bonchev–Trinajstić information content (AvgIpc) is 3.19. The minimum Gasteiger partial charge on any atom is -0.383 e. The zero-order valence-electron chi connectivity index (χ0n) is 15.5. The monoisotopic (exact) mass is 363 g/mol. The van der Waals surface area contributed by atoms with Crippen LogP contribution in [0.4, 0.5) is 0 Å². The number of nitrogens with zero attached hydrogens (tertiary/aromatic N) is 4. The van der Waals surface area contributed by atoms with Crippen molar-refractivity contribution in [2.75, 3.05) is 33.4 Å². The van der Waals surface area contributed by atoms with Crippen LogP contribution < -0.4 is 5.32 Å². The first-order valence-electron chi connectivity index (χ1n) is 9.67. The van der Waals surface area contributed by atoms with E-state index in [9.17, 15) is 9.59 Å². The number of hydrogen-bond donors (Lipinski definition) is 1.